The van der Waals surface area contributed by atoms with Gasteiger partial charge in [0.25, 0.3) is 5.91 Å². The minimum Gasteiger partial charge on any atom is -0.367 e. The van der Waals surface area contributed by atoms with E-state index >= 15 is 0 Å². The second-order valence-corrected chi connectivity index (χ2v) is 7.17. The lowest BCUT2D eigenvalue weighted by molar-refractivity contribution is -0.132. The molecule has 0 saturated heterocycles. The molecule has 1 amide bonds. The summed E-state index contributed by atoms with van der Waals surface area (Å²) in [6, 6.07) is 9.67. The molecule has 28 heavy (non-hydrogen) atoms. The molecule has 0 spiro atoms. The van der Waals surface area contributed by atoms with Gasteiger partial charge in [0.1, 0.15) is 5.82 Å². The van der Waals surface area contributed by atoms with Crippen molar-refractivity contribution in [2.45, 2.75) is 37.5 Å². The summed E-state index contributed by atoms with van der Waals surface area (Å²) in [4.78, 5) is 16.6. The summed E-state index contributed by atoms with van der Waals surface area (Å²) in [5.74, 6) is 2.06. The molecule has 8 nitrogen and oxygen atoms in total. The van der Waals surface area contributed by atoms with E-state index in [1.54, 1.807) is 19.6 Å². The van der Waals surface area contributed by atoms with Crippen molar-refractivity contribution in [3.05, 3.63) is 66.3 Å². The van der Waals surface area contributed by atoms with Crippen molar-refractivity contribution in [2.75, 3.05) is 7.11 Å². The van der Waals surface area contributed by atoms with Crippen molar-refractivity contribution in [1.82, 2.24) is 29.6 Å². The number of carbonyl (C=O) groups excluding carboxylic acids is 1. The van der Waals surface area contributed by atoms with Crippen molar-refractivity contribution >= 4 is 5.91 Å². The highest BCUT2D eigenvalue weighted by Crippen LogP contribution is 2.36. The van der Waals surface area contributed by atoms with E-state index in [1.807, 2.05) is 52.7 Å². The van der Waals surface area contributed by atoms with E-state index in [0.717, 1.165) is 30.1 Å². The first kappa shape index (κ1) is 18.4. The Labute approximate surface area is 163 Å². The third-order valence-corrected chi connectivity index (χ3v) is 5.31. The van der Waals surface area contributed by atoms with Crippen LogP contribution in [0.5, 0.6) is 0 Å². The lowest BCUT2D eigenvalue weighted by Gasteiger charge is -2.35. The minimum absolute atomic E-state index is 0.101. The number of benzene rings is 1. The molecule has 3 aromatic rings. The summed E-state index contributed by atoms with van der Waals surface area (Å²) in [5.41, 5.74) is 0.857. The molecular formula is C20H24N6O2. The van der Waals surface area contributed by atoms with Gasteiger partial charge in [-0.3, -0.25) is 4.79 Å². The quantitative estimate of drug-likeness (QED) is 0.676. The Morgan fingerprint density at radius 1 is 1.29 bits per heavy atom. The lowest BCUT2D eigenvalue weighted by Crippen LogP contribution is -2.46. The SMILES string of the molecule is CO[C@H](C(=O)NC1CC(c2nnc(Cn3ccnc3)n2C)C1)c1ccccc1. The molecular weight excluding hydrogens is 356 g/mol. The second kappa shape index (κ2) is 7.93. The number of hydrogen-bond donors (Lipinski definition) is 1. The summed E-state index contributed by atoms with van der Waals surface area (Å²) in [6.45, 7) is 0.642. The van der Waals surface area contributed by atoms with Crippen LogP contribution in [0.15, 0.2) is 49.1 Å². The first-order valence-electron chi connectivity index (χ1n) is 9.37. The molecule has 1 saturated carbocycles. The van der Waals surface area contributed by atoms with E-state index in [2.05, 4.69) is 20.5 Å². The van der Waals surface area contributed by atoms with Gasteiger partial charge in [0.05, 0.1) is 12.9 Å². The van der Waals surface area contributed by atoms with Gasteiger partial charge in [0.15, 0.2) is 11.9 Å². The van der Waals surface area contributed by atoms with Crippen molar-refractivity contribution < 1.29 is 9.53 Å². The minimum atomic E-state index is -0.586. The Morgan fingerprint density at radius 2 is 2.07 bits per heavy atom. The maximum absolute atomic E-state index is 12.6. The van der Waals surface area contributed by atoms with Crippen LogP contribution < -0.4 is 5.32 Å². The van der Waals surface area contributed by atoms with Gasteiger partial charge in [-0.05, 0) is 18.4 Å². The average Bonchev–Trinajstić information content (AvgIpc) is 3.31. The van der Waals surface area contributed by atoms with Gasteiger partial charge in [-0.2, -0.15) is 0 Å². The number of carbonyl (C=O) groups is 1. The highest BCUT2D eigenvalue weighted by molar-refractivity contribution is 5.82. The second-order valence-electron chi connectivity index (χ2n) is 7.17. The van der Waals surface area contributed by atoms with Crippen molar-refractivity contribution in [1.29, 1.82) is 0 Å². The summed E-state index contributed by atoms with van der Waals surface area (Å²) >= 11 is 0. The standard InChI is InChI=1S/C20H24N6O2/c1-25-17(12-26-9-8-21-13-26)23-24-19(25)15-10-16(11-15)22-20(27)18(28-2)14-6-4-3-5-7-14/h3-9,13,15-16,18H,10-12H2,1-2H3,(H,22,27)/t15?,16?,18-/m0/s1. The Balaban J connectivity index is 1.33. The van der Waals surface area contributed by atoms with Crippen LogP contribution in [0.3, 0.4) is 0 Å². The maximum Gasteiger partial charge on any atom is 0.253 e. The van der Waals surface area contributed by atoms with Crippen LogP contribution in [0.4, 0.5) is 0 Å². The largest absolute Gasteiger partial charge is 0.367 e. The molecule has 4 rings (SSSR count). The van der Waals surface area contributed by atoms with Crippen LogP contribution >= 0.6 is 0 Å². The highest BCUT2D eigenvalue weighted by Gasteiger charge is 2.36. The zero-order chi connectivity index (χ0) is 19.5. The Morgan fingerprint density at radius 3 is 2.75 bits per heavy atom. The number of hydrogen-bond acceptors (Lipinski definition) is 5. The van der Waals surface area contributed by atoms with Crippen LogP contribution in [0, 0.1) is 0 Å². The van der Waals surface area contributed by atoms with Gasteiger partial charge < -0.3 is 19.2 Å². The van der Waals surface area contributed by atoms with E-state index in [4.69, 9.17) is 4.74 Å². The number of rotatable bonds is 7. The smallest absolute Gasteiger partial charge is 0.253 e. The van der Waals surface area contributed by atoms with Gasteiger partial charge >= 0.3 is 0 Å². The highest BCUT2D eigenvalue weighted by atomic mass is 16.5. The monoisotopic (exact) mass is 380 g/mol. The molecule has 2 aromatic heterocycles. The Bertz CT molecular complexity index is 916. The molecule has 1 fully saturated rings. The van der Waals surface area contributed by atoms with Gasteiger partial charge in [-0.1, -0.05) is 30.3 Å². The van der Waals surface area contributed by atoms with Crippen LogP contribution in [0.2, 0.25) is 0 Å². The average molecular weight is 380 g/mol. The molecule has 0 unspecified atom stereocenters. The molecule has 1 aliphatic carbocycles. The molecule has 1 aliphatic rings. The van der Waals surface area contributed by atoms with Crippen molar-refractivity contribution in [3.63, 3.8) is 0 Å². The van der Waals surface area contributed by atoms with Crippen LogP contribution in [-0.4, -0.2) is 43.4 Å². The normalized spacial score (nSPS) is 19.8. The molecule has 8 heteroatoms. The molecule has 0 bridgehead atoms. The van der Waals surface area contributed by atoms with Crippen LogP contribution in [-0.2, 0) is 23.1 Å². The summed E-state index contributed by atoms with van der Waals surface area (Å²) in [6.07, 6.45) is 6.54. The molecule has 146 valence electrons. The van der Waals surface area contributed by atoms with E-state index in [-0.39, 0.29) is 11.9 Å². The number of ether oxygens (including phenoxy) is 1. The predicted octanol–water partition coefficient (Wildman–Crippen LogP) is 1.81. The van der Waals surface area contributed by atoms with Gasteiger partial charge in [-0.15, -0.1) is 10.2 Å². The topological polar surface area (TPSA) is 86.9 Å². The Kier molecular flexibility index (Phi) is 5.21. The lowest BCUT2D eigenvalue weighted by atomic mass is 9.79. The number of imidazole rings is 1. The van der Waals surface area contributed by atoms with E-state index in [1.165, 1.54) is 0 Å². The number of nitrogens with zero attached hydrogens (tertiary/aromatic N) is 5. The fourth-order valence-corrected chi connectivity index (χ4v) is 3.66. The van der Waals surface area contributed by atoms with Crippen LogP contribution in [0.25, 0.3) is 0 Å². The van der Waals surface area contributed by atoms with E-state index in [9.17, 15) is 4.79 Å². The van der Waals surface area contributed by atoms with Gasteiger partial charge in [-0.25, -0.2) is 4.98 Å². The number of nitrogens with one attached hydrogen (secondary N) is 1. The van der Waals surface area contributed by atoms with Crippen molar-refractivity contribution in [3.8, 4) is 0 Å². The molecule has 2 heterocycles. The summed E-state index contributed by atoms with van der Waals surface area (Å²) < 4.78 is 9.42. The zero-order valence-corrected chi connectivity index (χ0v) is 16.0. The maximum atomic E-state index is 12.6. The first-order chi connectivity index (χ1) is 13.7. The third kappa shape index (κ3) is 3.68. The number of amides is 1. The molecule has 1 atom stereocenters. The van der Waals surface area contributed by atoms with Crippen molar-refractivity contribution in [2.24, 2.45) is 7.05 Å². The van der Waals surface area contributed by atoms with Gasteiger partial charge in [0, 0.05) is 38.5 Å². The fourth-order valence-electron chi connectivity index (χ4n) is 3.66. The summed E-state index contributed by atoms with van der Waals surface area (Å²) in [7, 11) is 3.55. The number of methoxy groups -OCH3 is 1. The summed E-state index contributed by atoms with van der Waals surface area (Å²) in [5, 5.41) is 11.8. The third-order valence-electron chi connectivity index (χ3n) is 5.31. The molecule has 0 aliphatic heterocycles. The van der Waals surface area contributed by atoms with Crippen LogP contribution in [0.1, 0.15) is 42.1 Å². The molecule has 0 radical (unpaired) electrons. The molecule has 1 N–H and O–H groups in total. The van der Waals surface area contributed by atoms with E-state index in [0.29, 0.717) is 12.5 Å². The predicted molar refractivity (Wildman–Crippen MR) is 102 cm³/mol. The zero-order valence-electron chi connectivity index (χ0n) is 16.0. The fraction of sp³-hybridized carbons (Fsp3) is 0.400. The Hall–Kier alpha value is -3.00. The molecule has 1 aromatic carbocycles. The first-order valence-corrected chi connectivity index (χ1v) is 9.37. The number of aromatic nitrogens is 5. The van der Waals surface area contributed by atoms with E-state index < -0.39 is 6.10 Å². The van der Waals surface area contributed by atoms with Gasteiger partial charge in [0.2, 0.25) is 0 Å².